The van der Waals surface area contributed by atoms with Crippen LogP contribution in [0.15, 0.2) is 91.3 Å². The van der Waals surface area contributed by atoms with Crippen molar-refractivity contribution >= 4 is 32.3 Å². The van der Waals surface area contributed by atoms with Crippen LogP contribution in [0.5, 0.6) is 0 Å². The maximum atomic E-state index is 2.32. The van der Waals surface area contributed by atoms with Crippen LogP contribution in [0.1, 0.15) is 0 Å². The van der Waals surface area contributed by atoms with Gasteiger partial charge in [-0.2, -0.15) is 9.13 Å². The van der Waals surface area contributed by atoms with Crippen LogP contribution in [0, 0.1) is 0 Å². The molecule has 26 heavy (non-hydrogen) atoms. The van der Waals surface area contributed by atoms with Gasteiger partial charge in [-0.05, 0) is 17.5 Å². The molecule has 0 fully saturated rings. The lowest BCUT2D eigenvalue weighted by Gasteiger charge is -1.98. The molecule has 0 aliphatic heterocycles. The van der Waals surface area contributed by atoms with Gasteiger partial charge in [0.15, 0.2) is 12.4 Å². The molecule has 0 N–H and O–H groups in total. The van der Waals surface area contributed by atoms with Crippen molar-refractivity contribution in [3.8, 4) is 16.3 Å². The molecule has 0 aliphatic rings. The van der Waals surface area contributed by atoms with Crippen LogP contribution in [0.25, 0.3) is 37.2 Å². The van der Waals surface area contributed by atoms with Crippen molar-refractivity contribution in [3.05, 3.63) is 91.3 Å². The first kappa shape index (κ1) is 15.2. The summed E-state index contributed by atoms with van der Waals surface area (Å²) in [4.78, 5) is 0. The molecule has 0 saturated heterocycles. The quantitative estimate of drug-likeness (QED) is 0.402. The second-order valence-electron chi connectivity index (χ2n) is 6.43. The first-order chi connectivity index (χ1) is 12.8. The lowest BCUT2D eigenvalue weighted by atomic mass is 10.1. The van der Waals surface area contributed by atoms with Crippen LogP contribution in [0.3, 0.4) is 0 Å². The van der Waals surface area contributed by atoms with Crippen LogP contribution in [-0.2, 0) is 7.05 Å². The number of aromatic nitrogens is 2. The van der Waals surface area contributed by atoms with E-state index in [0.717, 1.165) is 0 Å². The predicted octanol–water partition coefficient (Wildman–Crippen LogP) is 4.82. The van der Waals surface area contributed by atoms with Crippen molar-refractivity contribution < 1.29 is 9.13 Å². The zero-order chi connectivity index (χ0) is 17.5. The van der Waals surface area contributed by atoms with E-state index < -0.39 is 0 Å². The number of aryl methyl sites for hydroxylation is 1. The van der Waals surface area contributed by atoms with E-state index in [1.807, 2.05) is 17.4 Å². The minimum Gasteiger partial charge on any atom is -0.184 e. The second-order valence-corrected chi connectivity index (χ2v) is 7.46. The summed E-state index contributed by atoms with van der Waals surface area (Å²) in [6.07, 6.45) is 4.26. The Balaban J connectivity index is 1.65. The number of benzene rings is 3. The van der Waals surface area contributed by atoms with Gasteiger partial charge in [-0.25, -0.2) is 0 Å². The highest BCUT2D eigenvalue weighted by Gasteiger charge is 2.21. The van der Waals surface area contributed by atoms with E-state index in [1.54, 1.807) is 0 Å². The summed E-state index contributed by atoms with van der Waals surface area (Å²) < 4.78 is 5.79. The third-order valence-corrected chi connectivity index (χ3v) is 6.09. The molecule has 5 aromatic rings. The van der Waals surface area contributed by atoms with Crippen molar-refractivity contribution in [2.45, 2.75) is 0 Å². The maximum Gasteiger partial charge on any atom is 0.270 e. The Hall–Kier alpha value is -3.04. The number of rotatable bonds is 2. The number of thiazole rings is 1. The van der Waals surface area contributed by atoms with Gasteiger partial charge in [-0.1, -0.05) is 53.8 Å². The normalized spacial score (nSPS) is 11.3. The van der Waals surface area contributed by atoms with Crippen molar-refractivity contribution in [1.82, 2.24) is 0 Å². The Kier molecular flexibility index (Phi) is 3.54. The Morgan fingerprint density at radius 2 is 1.46 bits per heavy atom. The van der Waals surface area contributed by atoms with Gasteiger partial charge < -0.3 is 0 Å². The zero-order valence-electron chi connectivity index (χ0n) is 14.5. The molecule has 0 spiro atoms. The van der Waals surface area contributed by atoms with Crippen molar-refractivity contribution in [2.24, 2.45) is 7.05 Å². The Bertz CT molecular complexity index is 1220. The fourth-order valence-electron chi connectivity index (χ4n) is 3.53. The van der Waals surface area contributed by atoms with E-state index in [0.29, 0.717) is 0 Å². The van der Waals surface area contributed by atoms with Crippen LogP contribution >= 0.6 is 11.3 Å². The van der Waals surface area contributed by atoms with Crippen molar-refractivity contribution in [2.75, 3.05) is 0 Å². The average Bonchev–Trinajstić information content (AvgIpc) is 3.06. The molecule has 0 radical (unpaired) electrons. The molecule has 2 nitrogen and oxygen atoms in total. The van der Waals surface area contributed by atoms with Gasteiger partial charge in [0.25, 0.3) is 5.01 Å². The number of para-hydroxylation sites is 1. The van der Waals surface area contributed by atoms with Crippen LogP contribution in [0.4, 0.5) is 0 Å². The van der Waals surface area contributed by atoms with Gasteiger partial charge in [0.05, 0.1) is 10.9 Å². The second kappa shape index (κ2) is 6.04. The Morgan fingerprint density at radius 3 is 2.27 bits per heavy atom. The monoisotopic (exact) mass is 354 g/mol. The fraction of sp³-hybridized carbons (Fsp3) is 0.0435. The standard InChI is InChI=1S/C23H18N2S/c1-24-22-20-10-6-5-7-17(20)11-12-21(22)26-23(24)18-13-15-25(16-14-18)19-8-3-2-4-9-19/h2-16H,1H3/q+2. The summed E-state index contributed by atoms with van der Waals surface area (Å²) in [6, 6.07) is 27.8. The van der Waals surface area contributed by atoms with E-state index in [2.05, 4.69) is 101 Å². The van der Waals surface area contributed by atoms with E-state index in [-0.39, 0.29) is 0 Å². The smallest absolute Gasteiger partial charge is 0.184 e. The lowest BCUT2D eigenvalue weighted by Crippen LogP contribution is -2.31. The molecular formula is C23H18N2S+2. The van der Waals surface area contributed by atoms with E-state index in [4.69, 9.17) is 0 Å². The highest BCUT2D eigenvalue weighted by molar-refractivity contribution is 7.21. The molecular weight excluding hydrogens is 336 g/mol. The average molecular weight is 354 g/mol. The largest absolute Gasteiger partial charge is 0.270 e. The Morgan fingerprint density at radius 1 is 0.731 bits per heavy atom. The molecule has 2 aromatic heterocycles. The van der Waals surface area contributed by atoms with E-state index >= 15 is 0 Å². The number of pyridine rings is 1. The lowest BCUT2D eigenvalue weighted by molar-refractivity contribution is -0.629. The molecule has 2 heterocycles. The SMILES string of the molecule is C[n+]1c(-c2cc[n+](-c3ccccc3)cc2)sc2ccc3ccccc3c21. The first-order valence-electron chi connectivity index (χ1n) is 8.69. The molecule has 124 valence electrons. The minimum absolute atomic E-state index is 1.17. The van der Waals surface area contributed by atoms with Gasteiger partial charge in [0.1, 0.15) is 11.7 Å². The van der Waals surface area contributed by atoms with Crippen LogP contribution in [0.2, 0.25) is 0 Å². The zero-order valence-corrected chi connectivity index (χ0v) is 15.3. The molecule has 0 unspecified atom stereocenters. The molecule has 0 amide bonds. The summed E-state index contributed by atoms with van der Waals surface area (Å²) in [5, 5.41) is 3.87. The molecule has 0 aliphatic carbocycles. The van der Waals surface area contributed by atoms with Gasteiger partial charge >= 0.3 is 0 Å². The number of nitrogens with zero attached hydrogens (tertiary/aromatic N) is 2. The Labute approximate surface area is 156 Å². The number of hydrogen-bond acceptors (Lipinski definition) is 1. The minimum atomic E-state index is 1.17. The molecule has 0 bridgehead atoms. The highest BCUT2D eigenvalue weighted by Crippen LogP contribution is 2.32. The summed E-state index contributed by atoms with van der Waals surface area (Å²) >= 11 is 1.85. The third kappa shape index (κ3) is 2.40. The van der Waals surface area contributed by atoms with Crippen molar-refractivity contribution in [3.63, 3.8) is 0 Å². The molecule has 3 aromatic carbocycles. The summed E-state index contributed by atoms with van der Waals surface area (Å²) in [6.45, 7) is 0. The highest BCUT2D eigenvalue weighted by atomic mass is 32.1. The number of hydrogen-bond donors (Lipinski definition) is 0. The summed E-state index contributed by atoms with van der Waals surface area (Å²) in [7, 11) is 2.17. The third-order valence-electron chi connectivity index (χ3n) is 4.84. The molecule has 3 heteroatoms. The van der Waals surface area contributed by atoms with Crippen LogP contribution < -0.4 is 9.13 Å². The van der Waals surface area contributed by atoms with E-state index in [1.165, 1.54) is 37.2 Å². The summed E-state index contributed by atoms with van der Waals surface area (Å²) in [5.74, 6) is 0. The molecule has 0 saturated carbocycles. The number of fused-ring (bicyclic) bond motifs is 3. The fourth-order valence-corrected chi connectivity index (χ4v) is 4.70. The molecule has 0 atom stereocenters. The van der Waals surface area contributed by atoms with Gasteiger partial charge in [0, 0.05) is 24.3 Å². The maximum absolute atomic E-state index is 2.32. The van der Waals surface area contributed by atoms with Crippen molar-refractivity contribution in [1.29, 1.82) is 0 Å². The van der Waals surface area contributed by atoms with Crippen LogP contribution in [-0.4, -0.2) is 0 Å². The molecule has 5 rings (SSSR count). The van der Waals surface area contributed by atoms with E-state index in [9.17, 15) is 0 Å². The van der Waals surface area contributed by atoms with Gasteiger partial charge in [-0.15, -0.1) is 0 Å². The first-order valence-corrected chi connectivity index (χ1v) is 9.50. The topological polar surface area (TPSA) is 7.76 Å². The van der Waals surface area contributed by atoms with Gasteiger partial charge in [0.2, 0.25) is 11.2 Å². The predicted molar refractivity (Wildman–Crippen MR) is 107 cm³/mol. The van der Waals surface area contributed by atoms with Gasteiger partial charge in [-0.3, -0.25) is 0 Å². The summed E-state index contributed by atoms with van der Waals surface area (Å²) in [5.41, 5.74) is 3.72.